The molecule has 28 heavy (non-hydrogen) atoms. The summed E-state index contributed by atoms with van der Waals surface area (Å²) < 4.78 is 10.1. The molecule has 0 spiro atoms. The van der Waals surface area contributed by atoms with E-state index in [4.69, 9.17) is 19.4 Å². The minimum absolute atomic E-state index is 0.284. The number of carbonyl (C=O) groups is 1. The first-order chi connectivity index (χ1) is 13.7. The number of methoxy groups -OCH3 is 2. The minimum atomic E-state index is -0.284. The molecule has 0 bridgehead atoms. The number of benzene rings is 1. The largest absolute Gasteiger partial charge is 0.453 e. The van der Waals surface area contributed by atoms with E-state index in [-0.39, 0.29) is 6.09 Å². The van der Waals surface area contributed by atoms with Crippen molar-refractivity contribution in [1.29, 1.82) is 0 Å². The van der Waals surface area contributed by atoms with Crippen molar-refractivity contribution in [2.24, 2.45) is 0 Å². The number of ether oxygens (including phenoxy) is 2. The van der Waals surface area contributed by atoms with E-state index in [9.17, 15) is 4.79 Å². The Kier molecular flexibility index (Phi) is 5.40. The van der Waals surface area contributed by atoms with Crippen molar-refractivity contribution in [2.45, 2.75) is 6.61 Å². The van der Waals surface area contributed by atoms with E-state index in [2.05, 4.69) is 22.4 Å². The third kappa shape index (κ3) is 3.53. The van der Waals surface area contributed by atoms with E-state index in [1.165, 1.54) is 7.11 Å². The summed E-state index contributed by atoms with van der Waals surface area (Å²) in [6.45, 7) is 2.95. The Morgan fingerprint density at radius 1 is 1.11 bits per heavy atom. The van der Waals surface area contributed by atoms with Gasteiger partial charge in [0.15, 0.2) is 5.82 Å². The lowest BCUT2D eigenvalue weighted by atomic mass is 10.1. The molecule has 146 valence electrons. The molecule has 0 radical (unpaired) electrons. The second-order valence-corrected chi connectivity index (χ2v) is 7.39. The molecule has 3 aromatic rings. The van der Waals surface area contributed by atoms with Crippen LogP contribution in [0.1, 0.15) is 5.82 Å². The van der Waals surface area contributed by atoms with Crippen molar-refractivity contribution >= 4 is 33.5 Å². The van der Waals surface area contributed by atoms with Crippen LogP contribution in [0.4, 0.5) is 10.6 Å². The standard InChI is InChI=1S/C20H22N4O3S/c1-26-12-16-21-18(23-8-10-24(11-9-23)20(25)27-2)17-15(13-28-19(17)22-16)14-6-4-3-5-7-14/h3-7,13H,8-12H2,1-2H3. The van der Waals surface area contributed by atoms with Gasteiger partial charge in [-0.2, -0.15) is 0 Å². The summed E-state index contributed by atoms with van der Waals surface area (Å²) in [7, 11) is 3.06. The molecule has 0 aliphatic carbocycles. The van der Waals surface area contributed by atoms with Gasteiger partial charge in [-0.15, -0.1) is 11.3 Å². The van der Waals surface area contributed by atoms with Crippen LogP contribution >= 0.6 is 11.3 Å². The Morgan fingerprint density at radius 3 is 2.54 bits per heavy atom. The number of amides is 1. The van der Waals surface area contributed by atoms with Crippen LogP contribution in [0.25, 0.3) is 21.3 Å². The number of aromatic nitrogens is 2. The van der Waals surface area contributed by atoms with Gasteiger partial charge in [0.1, 0.15) is 17.3 Å². The average Bonchev–Trinajstić information content (AvgIpc) is 3.17. The van der Waals surface area contributed by atoms with Crippen LogP contribution in [0.5, 0.6) is 0 Å². The zero-order chi connectivity index (χ0) is 19.5. The van der Waals surface area contributed by atoms with E-state index in [1.807, 2.05) is 18.2 Å². The maximum atomic E-state index is 11.8. The molecule has 1 amide bonds. The Balaban J connectivity index is 1.75. The Labute approximate surface area is 167 Å². The number of carbonyl (C=O) groups excluding carboxylic acids is 1. The molecule has 0 saturated carbocycles. The monoisotopic (exact) mass is 398 g/mol. The molecule has 0 atom stereocenters. The molecule has 0 unspecified atom stereocenters. The highest BCUT2D eigenvalue weighted by Gasteiger charge is 2.25. The Bertz CT molecular complexity index is 968. The normalized spacial score (nSPS) is 14.5. The number of anilines is 1. The molecule has 4 rings (SSSR count). The van der Waals surface area contributed by atoms with Crippen LogP contribution in [0.3, 0.4) is 0 Å². The summed E-state index contributed by atoms with van der Waals surface area (Å²) in [6, 6.07) is 10.3. The Morgan fingerprint density at radius 2 is 1.86 bits per heavy atom. The van der Waals surface area contributed by atoms with Crippen LogP contribution in [0.2, 0.25) is 0 Å². The highest BCUT2D eigenvalue weighted by Crippen LogP contribution is 2.38. The number of rotatable bonds is 4. The molecule has 3 heterocycles. The van der Waals surface area contributed by atoms with Crippen molar-refractivity contribution in [1.82, 2.24) is 14.9 Å². The predicted octanol–water partition coefficient (Wildman–Crippen LogP) is 3.39. The van der Waals surface area contributed by atoms with E-state index in [1.54, 1.807) is 23.3 Å². The van der Waals surface area contributed by atoms with Gasteiger partial charge in [0, 0.05) is 44.2 Å². The zero-order valence-corrected chi connectivity index (χ0v) is 16.7. The molecule has 7 nitrogen and oxygen atoms in total. The van der Waals surface area contributed by atoms with Gasteiger partial charge < -0.3 is 19.3 Å². The lowest BCUT2D eigenvalue weighted by molar-refractivity contribution is 0.121. The van der Waals surface area contributed by atoms with Crippen molar-refractivity contribution < 1.29 is 14.3 Å². The van der Waals surface area contributed by atoms with Gasteiger partial charge in [0.25, 0.3) is 0 Å². The fraction of sp³-hybridized carbons (Fsp3) is 0.350. The lowest BCUT2D eigenvalue weighted by Crippen LogP contribution is -2.49. The van der Waals surface area contributed by atoms with Crippen LogP contribution in [0.15, 0.2) is 35.7 Å². The van der Waals surface area contributed by atoms with Crippen LogP contribution < -0.4 is 4.90 Å². The van der Waals surface area contributed by atoms with E-state index in [0.29, 0.717) is 38.6 Å². The van der Waals surface area contributed by atoms with Gasteiger partial charge in [-0.1, -0.05) is 30.3 Å². The summed E-state index contributed by atoms with van der Waals surface area (Å²) in [4.78, 5) is 26.2. The molecule has 1 aliphatic rings. The van der Waals surface area contributed by atoms with E-state index < -0.39 is 0 Å². The summed E-state index contributed by atoms with van der Waals surface area (Å²) in [5, 5.41) is 3.20. The van der Waals surface area contributed by atoms with Crippen LogP contribution in [-0.2, 0) is 16.1 Å². The third-order valence-corrected chi connectivity index (χ3v) is 5.70. The molecule has 1 fully saturated rings. The molecular weight excluding hydrogens is 376 g/mol. The van der Waals surface area contributed by atoms with Gasteiger partial charge in [0.05, 0.1) is 12.5 Å². The molecule has 1 saturated heterocycles. The Hall–Kier alpha value is -2.71. The van der Waals surface area contributed by atoms with Gasteiger partial charge in [0.2, 0.25) is 0 Å². The highest BCUT2D eigenvalue weighted by molar-refractivity contribution is 7.17. The SMILES string of the molecule is COCc1nc(N2CCN(C(=O)OC)CC2)c2c(-c3ccccc3)csc2n1. The maximum absolute atomic E-state index is 11.8. The lowest BCUT2D eigenvalue weighted by Gasteiger charge is -2.35. The van der Waals surface area contributed by atoms with E-state index >= 15 is 0 Å². The van der Waals surface area contributed by atoms with Gasteiger partial charge in [-0.25, -0.2) is 14.8 Å². The summed E-state index contributed by atoms with van der Waals surface area (Å²) in [6.07, 6.45) is -0.284. The van der Waals surface area contributed by atoms with Crippen LogP contribution in [0, 0.1) is 0 Å². The van der Waals surface area contributed by atoms with Crippen molar-refractivity contribution in [2.75, 3.05) is 45.3 Å². The molecule has 8 heteroatoms. The summed E-state index contributed by atoms with van der Waals surface area (Å²) in [5.41, 5.74) is 2.28. The van der Waals surface area contributed by atoms with Gasteiger partial charge >= 0.3 is 6.09 Å². The topological polar surface area (TPSA) is 67.8 Å². The van der Waals surface area contributed by atoms with E-state index in [0.717, 1.165) is 27.2 Å². The second-order valence-electron chi connectivity index (χ2n) is 6.54. The first kappa shape index (κ1) is 18.6. The quantitative estimate of drug-likeness (QED) is 0.671. The summed E-state index contributed by atoms with van der Waals surface area (Å²) >= 11 is 1.62. The zero-order valence-electron chi connectivity index (χ0n) is 15.9. The molecular formula is C20H22N4O3S. The fourth-order valence-electron chi connectivity index (χ4n) is 3.45. The highest BCUT2D eigenvalue weighted by atomic mass is 32.1. The molecule has 1 aromatic carbocycles. The van der Waals surface area contributed by atoms with Crippen molar-refractivity contribution in [3.8, 4) is 11.1 Å². The predicted molar refractivity (Wildman–Crippen MR) is 110 cm³/mol. The first-order valence-electron chi connectivity index (χ1n) is 9.11. The maximum Gasteiger partial charge on any atom is 0.409 e. The minimum Gasteiger partial charge on any atom is -0.453 e. The number of hydrogen-bond acceptors (Lipinski definition) is 7. The summed E-state index contributed by atoms with van der Waals surface area (Å²) in [5.74, 6) is 1.57. The molecule has 2 aromatic heterocycles. The van der Waals surface area contributed by atoms with Gasteiger partial charge in [-0.05, 0) is 5.56 Å². The number of hydrogen-bond donors (Lipinski definition) is 0. The number of piperazine rings is 1. The van der Waals surface area contributed by atoms with Gasteiger partial charge in [-0.3, -0.25) is 0 Å². The average molecular weight is 398 g/mol. The molecule has 1 aliphatic heterocycles. The smallest absolute Gasteiger partial charge is 0.409 e. The number of nitrogens with zero attached hydrogens (tertiary/aromatic N) is 4. The molecule has 0 N–H and O–H groups in total. The van der Waals surface area contributed by atoms with Crippen LogP contribution in [-0.4, -0.2) is 61.4 Å². The van der Waals surface area contributed by atoms with Crippen molar-refractivity contribution in [3.63, 3.8) is 0 Å². The van der Waals surface area contributed by atoms with Crippen molar-refractivity contribution in [3.05, 3.63) is 41.5 Å². The number of thiophene rings is 1. The second kappa shape index (κ2) is 8.12. The third-order valence-electron chi connectivity index (χ3n) is 4.83. The number of fused-ring (bicyclic) bond motifs is 1. The first-order valence-corrected chi connectivity index (χ1v) is 9.99. The fourth-order valence-corrected chi connectivity index (χ4v) is 4.41.